The van der Waals surface area contributed by atoms with Crippen LogP contribution in [0, 0.1) is 0 Å². The molecule has 2 amide bonds. The molecule has 1 aromatic carbocycles. The highest BCUT2D eigenvalue weighted by Crippen LogP contribution is 2.35. The van der Waals surface area contributed by atoms with E-state index in [0.717, 1.165) is 12.8 Å². The largest absolute Gasteiger partial charge is 0.444 e. The van der Waals surface area contributed by atoms with Crippen molar-refractivity contribution in [2.24, 2.45) is 0 Å². The quantitative estimate of drug-likeness (QED) is 0.881. The number of benzene rings is 1. The van der Waals surface area contributed by atoms with Gasteiger partial charge >= 0.3 is 6.09 Å². The lowest BCUT2D eigenvalue weighted by molar-refractivity contribution is -0.124. The number of hydrogen-bond donors (Lipinski definition) is 2. The summed E-state index contributed by atoms with van der Waals surface area (Å²) in [5.74, 6) is -0.266. The van der Waals surface area contributed by atoms with Crippen molar-refractivity contribution in [1.82, 2.24) is 10.6 Å². The van der Waals surface area contributed by atoms with Gasteiger partial charge in [0, 0.05) is 10.6 Å². The van der Waals surface area contributed by atoms with Crippen LogP contribution in [0.3, 0.4) is 0 Å². The summed E-state index contributed by atoms with van der Waals surface area (Å²) in [4.78, 5) is 24.7. The molecule has 1 aliphatic carbocycles. The van der Waals surface area contributed by atoms with Crippen molar-refractivity contribution in [3.8, 4) is 0 Å². The SMILES string of the molecule is CC1(NC(=O)C(NC(=O)OC(C)(C)C)c2cccc(Cl)c2)CC1. The van der Waals surface area contributed by atoms with E-state index in [9.17, 15) is 9.59 Å². The molecule has 23 heavy (non-hydrogen) atoms. The smallest absolute Gasteiger partial charge is 0.408 e. The molecule has 0 heterocycles. The zero-order valence-corrected chi connectivity index (χ0v) is 14.7. The summed E-state index contributed by atoms with van der Waals surface area (Å²) in [6.07, 6.45) is 1.24. The lowest BCUT2D eigenvalue weighted by Crippen LogP contribution is -2.45. The molecular formula is C17H23ClN2O3. The normalized spacial score (nSPS) is 17.1. The Balaban J connectivity index is 2.17. The van der Waals surface area contributed by atoms with E-state index in [1.54, 1.807) is 45.0 Å². The van der Waals surface area contributed by atoms with Crippen LogP contribution < -0.4 is 10.6 Å². The lowest BCUT2D eigenvalue weighted by Gasteiger charge is -2.24. The van der Waals surface area contributed by atoms with Crippen molar-refractivity contribution in [2.75, 3.05) is 0 Å². The van der Waals surface area contributed by atoms with E-state index in [-0.39, 0.29) is 11.4 Å². The Kier molecular flexibility index (Phi) is 4.90. The third-order valence-electron chi connectivity index (χ3n) is 3.53. The maximum atomic E-state index is 12.6. The Bertz CT molecular complexity index is 606. The van der Waals surface area contributed by atoms with Crippen LogP contribution in [0.25, 0.3) is 0 Å². The molecule has 0 bridgehead atoms. The molecular weight excluding hydrogens is 316 g/mol. The Morgan fingerprint density at radius 2 is 1.96 bits per heavy atom. The van der Waals surface area contributed by atoms with Crippen molar-refractivity contribution in [2.45, 2.75) is 57.7 Å². The van der Waals surface area contributed by atoms with Crippen LogP contribution in [0.2, 0.25) is 5.02 Å². The molecule has 0 spiro atoms. The number of carbonyl (C=O) groups excluding carboxylic acids is 2. The van der Waals surface area contributed by atoms with Crippen LogP contribution in [-0.4, -0.2) is 23.1 Å². The topological polar surface area (TPSA) is 67.4 Å². The molecule has 2 rings (SSSR count). The number of ether oxygens (including phenoxy) is 1. The number of rotatable bonds is 4. The summed E-state index contributed by atoms with van der Waals surface area (Å²) in [5.41, 5.74) is -0.198. The van der Waals surface area contributed by atoms with Gasteiger partial charge in [-0.15, -0.1) is 0 Å². The average Bonchev–Trinajstić information content (AvgIpc) is 3.11. The van der Waals surface area contributed by atoms with Gasteiger partial charge < -0.3 is 15.4 Å². The van der Waals surface area contributed by atoms with Crippen molar-refractivity contribution in [3.05, 3.63) is 34.9 Å². The fourth-order valence-electron chi connectivity index (χ4n) is 2.09. The van der Waals surface area contributed by atoms with Gasteiger partial charge in [-0.05, 0) is 58.2 Å². The number of nitrogens with one attached hydrogen (secondary N) is 2. The third-order valence-corrected chi connectivity index (χ3v) is 3.77. The molecule has 0 saturated heterocycles. The van der Waals surface area contributed by atoms with Crippen LogP contribution in [0.4, 0.5) is 4.79 Å². The highest BCUT2D eigenvalue weighted by Gasteiger charge is 2.40. The number of halogens is 1. The minimum Gasteiger partial charge on any atom is -0.444 e. The van der Waals surface area contributed by atoms with Gasteiger partial charge in [0.1, 0.15) is 11.6 Å². The van der Waals surface area contributed by atoms with Crippen LogP contribution in [0.5, 0.6) is 0 Å². The first-order chi connectivity index (χ1) is 10.6. The molecule has 0 aliphatic heterocycles. The molecule has 1 aromatic rings. The number of hydrogen-bond acceptors (Lipinski definition) is 3. The highest BCUT2D eigenvalue weighted by atomic mass is 35.5. The van der Waals surface area contributed by atoms with Gasteiger partial charge in [-0.2, -0.15) is 0 Å². The van der Waals surface area contributed by atoms with Gasteiger partial charge in [0.05, 0.1) is 0 Å². The lowest BCUT2D eigenvalue weighted by atomic mass is 10.1. The first-order valence-electron chi connectivity index (χ1n) is 7.65. The van der Waals surface area contributed by atoms with Crippen molar-refractivity contribution < 1.29 is 14.3 Å². The maximum absolute atomic E-state index is 12.6. The minimum atomic E-state index is -0.846. The van der Waals surface area contributed by atoms with E-state index >= 15 is 0 Å². The molecule has 1 atom stereocenters. The van der Waals surface area contributed by atoms with Gasteiger partial charge in [0.15, 0.2) is 0 Å². The van der Waals surface area contributed by atoms with Gasteiger partial charge in [-0.3, -0.25) is 4.79 Å². The zero-order chi connectivity index (χ0) is 17.3. The molecule has 1 saturated carbocycles. The Labute approximate surface area is 141 Å². The summed E-state index contributed by atoms with van der Waals surface area (Å²) >= 11 is 6.01. The molecule has 0 radical (unpaired) electrons. The summed E-state index contributed by atoms with van der Waals surface area (Å²) in [6, 6.07) is 6.03. The minimum absolute atomic E-state index is 0.177. The standard InChI is InChI=1S/C17H23ClN2O3/c1-16(2,3)23-15(22)19-13(11-6-5-7-12(18)10-11)14(21)20-17(4)8-9-17/h5-7,10,13H,8-9H2,1-4H3,(H,19,22)(H,20,21). The first-order valence-corrected chi connectivity index (χ1v) is 8.03. The van der Waals surface area contributed by atoms with E-state index in [2.05, 4.69) is 10.6 Å². The summed E-state index contributed by atoms with van der Waals surface area (Å²) in [5, 5.41) is 6.10. The molecule has 1 aliphatic rings. The monoisotopic (exact) mass is 338 g/mol. The molecule has 1 unspecified atom stereocenters. The first kappa shape index (κ1) is 17.6. The molecule has 0 aromatic heterocycles. The molecule has 6 heteroatoms. The highest BCUT2D eigenvalue weighted by molar-refractivity contribution is 6.30. The van der Waals surface area contributed by atoms with Crippen molar-refractivity contribution in [1.29, 1.82) is 0 Å². The van der Waals surface area contributed by atoms with Crippen LogP contribution in [-0.2, 0) is 9.53 Å². The van der Waals surface area contributed by atoms with E-state index in [1.165, 1.54) is 0 Å². The Hall–Kier alpha value is -1.75. The molecule has 2 N–H and O–H groups in total. The van der Waals surface area contributed by atoms with E-state index < -0.39 is 17.7 Å². The van der Waals surface area contributed by atoms with Crippen LogP contribution in [0.15, 0.2) is 24.3 Å². The summed E-state index contributed by atoms with van der Waals surface area (Å²) in [6.45, 7) is 7.29. The van der Waals surface area contributed by atoms with Crippen molar-refractivity contribution in [3.63, 3.8) is 0 Å². The average molecular weight is 339 g/mol. The molecule has 126 valence electrons. The summed E-state index contributed by atoms with van der Waals surface area (Å²) < 4.78 is 5.25. The Morgan fingerprint density at radius 1 is 1.30 bits per heavy atom. The summed E-state index contributed by atoms with van der Waals surface area (Å²) in [7, 11) is 0. The second-order valence-corrected chi connectivity index (χ2v) is 7.62. The van der Waals surface area contributed by atoms with Gasteiger partial charge in [0.2, 0.25) is 5.91 Å². The third kappa shape index (κ3) is 5.43. The van der Waals surface area contributed by atoms with Crippen LogP contribution in [0.1, 0.15) is 52.1 Å². The fraction of sp³-hybridized carbons (Fsp3) is 0.529. The van der Waals surface area contributed by atoms with Gasteiger partial charge in [-0.1, -0.05) is 23.7 Å². The molecule has 5 nitrogen and oxygen atoms in total. The van der Waals surface area contributed by atoms with Gasteiger partial charge in [0.25, 0.3) is 0 Å². The van der Waals surface area contributed by atoms with E-state index in [1.807, 2.05) is 6.92 Å². The zero-order valence-electron chi connectivity index (χ0n) is 13.9. The van der Waals surface area contributed by atoms with E-state index in [0.29, 0.717) is 10.6 Å². The predicted molar refractivity (Wildman–Crippen MR) is 89.3 cm³/mol. The number of alkyl carbamates (subject to hydrolysis) is 1. The van der Waals surface area contributed by atoms with Crippen LogP contribution >= 0.6 is 11.6 Å². The fourth-order valence-corrected chi connectivity index (χ4v) is 2.29. The Morgan fingerprint density at radius 3 is 2.48 bits per heavy atom. The number of carbonyl (C=O) groups is 2. The van der Waals surface area contributed by atoms with E-state index in [4.69, 9.17) is 16.3 Å². The number of amides is 2. The van der Waals surface area contributed by atoms with Crippen molar-refractivity contribution >= 4 is 23.6 Å². The second kappa shape index (κ2) is 6.40. The maximum Gasteiger partial charge on any atom is 0.408 e. The predicted octanol–water partition coefficient (Wildman–Crippen LogP) is 3.57. The second-order valence-electron chi connectivity index (χ2n) is 7.18. The van der Waals surface area contributed by atoms with Gasteiger partial charge in [-0.25, -0.2) is 4.79 Å². The molecule has 1 fully saturated rings.